The molecule has 0 spiro atoms. The molecule has 1 N–H and O–H groups in total. The molecule has 1 aromatic carbocycles. The first-order valence-corrected chi connectivity index (χ1v) is 8.06. The smallest absolute Gasteiger partial charge is 0.216 e. The number of hydrogen-bond acceptors (Lipinski definition) is 4. The number of hydrogen-bond donors (Lipinski definition) is 1. The van der Waals surface area contributed by atoms with Crippen LogP contribution in [0.3, 0.4) is 0 Å². The van der Waals surface area contributed by atoms with Crippen LogP contribution in [0.4, 0.5) is 0 Å². The monoisotopic (exact) mass is 317 g/mol. The van der Waals surface area contributed by atoms with Gasteiger partial charge in [0.1, 0.15) is 0 Å². The van der Waals surface area contributed by atoms with Crippen molar-refractivity contribution >= 4 is 0 Å². The maximum absolute atomic E-state index is 10.1. The number of methoxy groups -OCH3 is 1. The molecule has 0 saturated heterocycles. The van der Waals surface area contributed by atoms with E-state index in [1.165, 1.54) is 5.56 Å². The van der Waals surface area contributed by atoms with Crippen molar-refractivity contribution in [1.29, 1.82) is 0 Å². The summed E-state index contributed by atoms with van der Waals surface area (Å²) in [5.74, 6) is 0.784. The van der Waals surface area contributed by atoms with Crippen molar-refractivity contribution in [3.63, 3.8) is 0 Å². The molecule has 0 radical (unpaired) electrons. The van der Waals surface area contributed by atoms with Gasteiger partial charge in [-0.15, -0.1) is 0 Å². The highest BCUT2D eigenvalue weighted by Gasteiger charge is 2.19. The summed E-state index contributed by atoms with van der Waals surface area (Å²) in [5, 5.41) is 14.5. The van der Waals surface area contributed by atoms with E-state index in [0.717, 1.165) is 30.1 Å². The van der Waals surface area contributed by atoms with Crippen molar-refractivity contribution in [1.82, 2.24) is 14.7 Å². The lowest BCUT2D eigenvalue weighted by atomic mass is 10.1. The molecule has 0 aliphatic heterocycles. The van der Waals surface area contributed by atoms with Crippen molar-refractivity contribution in [3.8, 4) is 5.88 Å². The summed E-state index contributed by atoms with van der Waals surface area (Å²) in [6.07, 6.45) is 0.413. The predicted molar refractivity (Wildman–Crippen MR) is 91.4 cm³/mol. The molecule has 1 heterocycles. The minimum Gasteiger partial charge on any atom is -0.481 e. The number of nitrogens with zero attached hydrogens (tertiary/aromatic N) is 3. The Balaban J connectivity index is 2.20. The van der Waals surface area contributed by atoms with Gasteiger partial charge in [-0.3, -0.25) is 4.90 Å². The first-order valence-electron chi connectivity index (χ1n) is 8.06. The third-order valence-electron chi connectivity index (χ3n) is 4.05. The number of aryl methyl sites for hydroxylation is 2. The third-order valence-corrected chi connectivity index (χ3v) is 4.05. The molecule has 5 nitrogen and oxygen atoms in total. The van der Waals surface area contributed by atoms with E-state index in [1.54, 1.807) is 11.8 Å². The fourth-order valence-corrected chi connectivity index (χ4v) is 2.80. The van der Waals surface area contributed by atoms with E-state index < -0.39 is 0 Å². The maximum atomic E-state index is 10.1. The SMILES string of the molecule is CCC(O)CN(Cc1ccccc1)Cc1c(C)nn(C)c1OC. The maximum Gasteiger partial charge on any atom is 0.216 e. The van der Waals surface area contributed by atoms with E-state index in [9.17, 15) is 5.11 Å². The van der Waals surface area contributed by atoms with E-state index in [-0.39, 0.29) is 6.10 Å². The molecule has 5 heteroatoms. The average Bonchev–Trinajstić information content (AvgIpc) is 2.81. The van der Waals surface area contributed by atoms with Crippen LogP contribution in [0.1, 0.15) is 30.2 Å². The predicted octanol–water partition coefficient (Wildman–Crippen LogP) is 2.51. The number of aromatic nitrogens is 2. The Morgan fingerprint density at radius 1 is 1.26 bits per heavy atom. The minimum atomic E-state index is -0.332. The molecule has 0 bridgehead atoms. The average molecular weight is 317 g/mol. The van der Waals surface area contributed by atoms with Crippen molar-refractivity contribution < 1.29 is 9.84 Å². The van der Waals surface area contributed by atoms with Gasteiger partial charge in [-0.1, -0.05) is 37.3 Å². The largest absolute Gasteiger partial charge is 0.481 e. The van der Waals surface area contributed by atoms with Gasteiger partial charge in [0.15, 0.2) is 0 Å². The summed E-state index contributed by atoms with van der Waals surface area (Å²) in [7, 11) is 3.56. The Hall–Kier alpha value is -1.85. The van der Waals surface area contributed by atoms with Crippen LogP contribution in [0.15, 0.2) is 30.3 Å². The fraction of sp³-hybridized carbons (Fsp3) is 0.500. The molecule has 0 aliphatic rings. The molecular formula is C18H27N3O2. The van der Waals surface area contributed by atoms with E-state index >= 15 is 0 Å². The Labute approximate surface area is 138 Å². The van der Waals surface area contributed by atoms with Crippen LogP contribution in [0.5, 0.6) is 5.88 Å². The molecule has 1 aromatic heterocycles. The van der Waals surface area contributed by atoms with Gasteiger partial charge < -0.3 is 9.84 Å². The van der Waals surface area contributed by atoms with Crippen LogP contribution < -0.4 is 4.74 Å². The molecule has 1 unspecified atom stereocenters. The Morgan fingerprint density at radius 3 is 2.57 bits per heavy atom. The van der Waals surface area contributed by atoms with E-state index in [1.807, 2.05) is 39.1 Å². The van der Waals surface area contributed by atoms with Crippen molar-refractivity contribution in [2.24, 2.45) is 7.05 Å². The first kappa shape index (κ1) is 17.5. The third kappa shape index (κ3) is 4.56. The molecule has 126 valence electrons. The zero-order chi connectivity index (χ0) is 16.8. The van der Waals surface area contributed by atoms with Crippen LogP contribution in [0.2, 0.25) is 0 Å². The van der Waals surface area contributed by atoms with Gasteiger partial charge in [0, 0.05) is 26.7 Å². The number of aliphatic hydroxyl groups excluding tert-OH is 1. The topological polar surface area (TPSA) is 50.5 Å². The molecular weight excluding hydrogens is 290 g/mol. The summed E-state index contributed by atoms with van der Waals surface area (Å²) in [5.41, 5.74) is 3.28. The van der Waals surface area contributed by atoms with Crippen LogP contribution in [0.25, 0.3) is 0 Å². The zero-order valence-electron chi connectivity index (χ0n) is 14.5. The number of benzene rings is 1. The quantitative estimate of drug-likeness (QED) is 0.813. The Morgan fingerprint density at radius 2 is 1.96 bits per heavy atom. The lowest BCUT2D eigenvalue weighted by Crippen LogP contribution is -2.31. The van der Waals surface area contributed by atoms with E-state index in [0.29, 0.717) is 13.1 Å². The lowest BCUT2D eigenvalue weighted by Gasteiger charge is -2.25. The van der Waals surface area contributed by atoms with Crippen LogP contribution in [-0.4, -0.2) is 39.5 Å². The molecule has 23 heavy (non-hydrogen) atoms. The van der Waals surface area contributed by atoms with E-state index in [2.05, 4.69) is 22.1 Å². The van der Waals surface area contributed by atoms with Gasteiger partial charge in [0.2, 0.25) is 5.88 Å². The van der Waals surface area contributed by atoms with Crippen molar-refractivity contribution in [2.45, 2.75) is 39.5 Å². The number of aliphatic hydroxyl groups is 1. The minimum absolute atomic E-state index is 0.332. The standard InChI is InChI=1S/C18H27N3O2/c1-5-16(22)12-21(11-15-9-7-6-8-10-15)13-17-14(2)19-20(3)18(17)23-4/h6-10,16,22H,5,11-13H2,1-4H3. The fourth-order valence-electron chi connectivity index (χ4n) is 2.80. The highest BCUT2D eigenvalue weighted by atomic mass is 16.5. The first-order chi connectivity index (χ1) is 11.0. The molecule has 2 rings (SSSR count). The van der Waals surface area contributed by atoms with Gasteiger partial charge in [-0.05, 0) is 18.9 Å². The highest BCUT2D eigenvalue weighted by molar-refractivity contribution is 5.31. The molecule has 1 atom stereocenters. The Kier molecular flexibility index (Phi) is 6.19. The van der Waals surface area contributed by atoms with Gasteiger partial charge in [0.25, 0.3) is 0 Å². The van der Waals surface area contributed by atoms with Gasteiger partial charge in [-0.25, -0.2) is 4.68 Å². The van der Waals surface area contributed by atoms with Crippen LogP contribution in [0, 0.1) is 6.92 Å². The van der Waals surface area contributed by atoms with Crippen molar-refractivity contribution in [3.05, 3.63) is 47.2 Å². The summed E-state index contributed by atoms with van der Waals surface area (Å²) in [4.78, 5) is 2.25. The van der Waals surface area contributed by atoms with E-state index in [4.69, 9.17) is 4.74 Å². The second kappa shape index (κ2) is 8.13. The summed E-state index contributed by atoms with van der Waals surface area (Å²) < 4.78 is 7.26. The molecule has 2 aromatic rings. The molecule has 0 amide bonds. The molecule has 0 fully saturated rings. The van der Waals surface area contributed by atoms with Gasteiger partial charge in [-0.2, -0.15) is 5.10 Å². The van der Waals surface area contributed by atoms with Gasteiger partial charge in [0.05, 0.1) is 24.5 Å². The second-order valence-electron chi connectivity index (χ2n) is 5.91. The molecule has 0 saturated carbocycles. The van der Waals surface area contributed by atoms with Gasteiger partial charge >= 0.3 is 0 Å². The summed E-state index contributed by atoms with van der Waals surface area (Å²) >= 11 is 0. The summed E-state index contributed by atoms with van der Waals surface area (Å²) in [6, 6.07) is 10.3. The zero-order valence-corrected chi connectivity index (χ0v) is 14.5. The van der Waals surface area contributed by atoms with Crippen molar-refractivity contribution in [2.75, 3.05) is 13.7 Å². The summed E-state index contributed by atoms with van der Waals surface area (Å²) in [6.45, 7) is 6.11. The number of rotatable bonds is 8. The second-order valence-corrected chi connectivity index (χ2v) is 5.91. The lowest BCUT2D eigenvalue weighted by molar-refractivity contribution is 0.101. The molecule has 0 aliphatic carbocycles. The highest BCUT2D eigenvalue weighted by Crippen LogP contribution is 2.23. The Bertz CT molecular complexity index is 610. The normalized spacial score (nSPS) is 12.6. The number of ether oxygens (including phenoxy) is 1. The van der Waals surface area contributed by atoms with Crippen LogP contribution >= 0.6 is 0 Å². The van der Waals surface area contributed by atoms with Crippen LogP contribution in [-0.2, 0) is 20.1 Å².